The molecule has 1 amide bonds. The predicted octanol–water partition coefficient (Wildman–Crippen LogP) is -1.06. The summed E-state index contributed by atoms with van der Waals surface area (Å²) in [5, 5.41) is 28.5. The molecule has 18 heavy (non-hydrogen) atoms. The normalized spacial score (nSPS) is 31.5. The highest BCUT2D eigenvalue weighted by Crippen LogP contribution is 2.33. The predicted molar refractivity (Wildman–Crippen MR) is 61.7 cm³/mol. The second-order valence-corrected chi connectivity index (χ2v) is 4.25. The van der Waals surface area contributed by atoms with Crippen LogP contribution in [0, 0.1) is 0 Å². The first-order valence-corrected chi connectivity index (χ1v) is 5.57. The van der Waals surface area contributed by atoms with Crippen molar-refractivity contribution < 1.29 is 24.9 Å². The van der Waals surface area contributed by atoms with E-state index in [1.165, 1.54) is 6.07 Å². The third-order valence-corrected chi connectivity index (χ3v) is 3.04. The molecule has 0 saturated carbocycles. The molecule has 6 heteroatoms. The molecule has 4 atom stereocenters. The number of benzene rings is 1. The largest absolute Gasteiger partial charge is 0.394 e. The Bertz CT molecular complexity index is 450. The molecule has 0 aliphatic carbocycles. The number of nitrogens with two attached hydrogens (primary N) is 1. The number of carbonyl (C=O) groups is 1. The average molecular weight is 253 g/mol. The van der Waals surface area contributed by atoms with Gasteiger partial charge in [0, 0.05) is 5.56 Å². The smallest absolute Gasteiger partial charge is 0.248 e. The minimum Gasteiger partial charge on any atom is -0.394 e. The van der Waals surface area contributed by atoms with Crippen LogP contribution in [-0.4, -0.2) is 46.1 Å². The van der Waals surface area contributed by atoms with Crippen LogP contribution < -0.4 is 5.73 Å². The van der Waals surface area contributed by atoms with Gasteiger partial charge in [0.15, 0.2) is 0 Å². The Balaban J connectivity index is 2.27. The van der Waals surface area contributed by atoms with Crippen LogP contribution in [0.1, 0.15) is 22.0 Å². The van der Waals surface area contributed by atoms with Crippen molar-refractivity contribution in [1.82, 2.24) is 0 Å². The fourth-order valence-corrected chi connectivity index (χ4v) is 2.04. The number of hydrogen-bond acceptors (Lipinski definition) is 5. The first-order valence-electron chi connectivity index (χ1n) is 5.57. The summed E-state index contributed by atoms with van der Waals surface area (Å²) in [5.74, 6) is -0.580. The average Bonchev–Trinajstić information content (AvgIpc) is 2.66. The van der Waals surface area contributed by atoms with Crippen molar-refractivity contribution in [2.24, 2.45) is 5.73 Å². The van der Waals surface area contributed by atoms with Crippen molar-refractivity contribution in [3.63, 3.8) is 0 Å². The van der Waals surface area contributed by atoms with Crippen LogP contribution in [-0.2, 0) is 4.74 Å². The van der Waals surface area contributed by atoms with E-state index in [-0.39, 0.29) is 6.61 Å². The fourth-order valence-electron chi connectivity index (χ4n) is 2.04. The van der Waals surface area contributed by atoms with Crippen LogP contribution in [0.2, 0.25) is 0 Å². The molecule has 1 aliphatic heterocycles. The lowest BCUT2D eigenvalue weighted by Gasteiger charge is -2.15. The molecule has 1 aliphatic rings. The molecule has 0 radical (unpaired) electrons. The zero-order valence-corrected chi connectivity index (χ0v) is 9.56. The molecule has 2 rings (SSSR count). The third kappa shape index (κ3) is 2.23. The molecule has 0 aromatic heterocycles. The minimum absolute atomic E-state index is 0.297. The first-order chi connectivity index (χ1) is 8.54. The fraction of sp³-hybridized carbons (Fsp3) is 0.417. The molecule has 6 nitrogen and oxygen atoms in total. The molecular formula is C12H15NO5. The standard InChI is InChI=1S/C12H15NO5/c13-12(17)7-3-1-2-6(4-7)11-10(16)9(15)8(5-14)18-11/h1-4,8-11,14-16H,5H2,(H2,13,17)/t8-,9?,10?,11+/m1/s1. The van der Waals surface area contributed by atoms with Crippen LogP contribution in [0.3, 0.4) is 0 Å². The molecule has 1 heterocycles. The van der Waals surface area contributed by atoms with E-state index in [9.17, 15) is 15.0 Å². The van der Waals surface area contributed by atoms with E-state index in [2.05, 4.69) is 0 Å². The lowest BCUT2D eigenvalue weighted by molar-refractivity contribution is -0.0227. The number of primary amides is 1. The first kappa shape index (κ1) is 13.0. The molecule has 98 valence electrons. The lowest BCUT2D eigenvalue weighted by atomic mass is 10.00. The number of carbonyl (C=O) groups excluding carboxylic acids is 1. The molecule has 1 aromatic carbocycles. The minimum atomic E-state index is -1.16. The summed E-state index contributed by atoms with van der Waals surface area (Å²) in [7, 11) is 0. The molecule has 0 spiro atoms. The summed E-state index contributed by atoms with van der Waals surface area (Å²) in [4.78, 5) is 11.1. The van der Waals surface area contributed by atoms with Gasteiger partial charge in [-0.2, -0.15) is 0 Å². The summed E-state index contributed by atoms with van der Waals surface area (Å²) in [5.41, 5.74) is 6.00. The summed E-state index contributed by atoms with van der Waals surface area (Å²) in [6.45, 7) is -0.385. The van der Waals surface area contributed by atoms with E-state index in [0.717, 1.165) is 0 Å². The topological polar surface area (TPSA) is 113 Å². The van der Waals surface area contributed by atoms with Crippen LogP contribution in [0.15, 0.2) is 24.3 Å². The van der Waals surface area contributed by atoms with Crippen molar-refractivity contribution in [2.45, 2.75) is 24.4 Å². The Kier molecular flexibility index (Phi) is 3.63. The Morgan fingerprint density at radius 1 is 1.33 bits per heavy atom. The van der Waals surface area contributed by atoms with Gasteiger partial charge in [0.2, 0.25) is 5.91 Å². The van der Waals surface area contributed by atoms with Gasteiger partial charge in [0.1, 0.15) is 24.4 Å². The van der Waals surface area contributed by atoms with Gasteiger partial charge in [0.25, 0.3) is 0 Å². The van der Waals surface area contributed by atoms with Gasteiger partial charge in [0.05, 0.1) is 6.61 Å². The van der Waals surface area contributed by atoms with Crippen LogP contribution >= 0.6 is 0 Å². The monoisotopic (exact) mass is 253 g/mol. The summed E-state index contributed by atoms with van der Waals surface area (Å²) in [6.07, 6.45) is -3.92. The summed E-state index contributed by atoms with van der Waals surface area (Å²) < 4.78 is 5.35. The zero-order valence-electron chi connectivity index (χ0n) is 9.56. The van der Waals surface area contributed by atoms with E-state index in [1.807, 2.05) is 0 Å². The van der Waals surface area contributed by atoms with Crippen molar-refractivity contribution in [3.8, 4) is 0 Å². The molecule has 2 unspecified atom stereocenters. The SMILES string of the molecule is NC(=O)c1cccc([C@@H]2O[C@H](CO)C(O)C2O)c1. The van der Waals surface area contributed by atoms with Gasteiger partial charge in [-0.3, -0.25) is 4.79 Å². The second-order valence-electron chi connectivity index (χ2n) is 4.25. The van der Waals surface area contributed by atoms with E-state index in [1.54, 1.807) is 18.2 Å². The van der Waals surface area contributed by atoms with E-state index in [4.69, 9.17) is 15.6 Å². The molecular weight excluding hydrogens is 238 g/mol. The maximum Gasteiger partial charge on any atom is 0.248 e. The van der Waals surface area contributed by atoms with Gasteiger partial charge >= 0.3 is 0 Å². The Hall–Kier alpha value is -1.47. The zero-order chi connectivity index (χ0) is 13.3. The molecule has 1 saturated heterocycles. The van der Waals surface area contributed by atoms with Crippen LogP contribution in [0.25, 0.3) is 0 Å². The van der Waals surface area contributed by atoms with Gasteiger partial charge < -0.3 is 25.8 Å². The highest BCUT2D eigenvalue weighted by Gasteiger charge is 2.42. The quantitative estimate of drug-likeness (QED) is 0.548. The number of aliphatic hydroxyl groups is 3. The molecule has 0 bridgehead atoms. The van der Waals surface area contributed by atoms with Crippen molar-refractivity contribution in [1.29, 1.82) is 0 Å². The maximum atomic E-state index is 11.1. The van der Waals surface area contributed by atoms with Gasteiger partial charge in [-0.25, -0.2) is 0 Å². The maximum absolute atomic E-state index is 11.1. The van der Waals surface area contributed by atoms with E-state index < -0.39 is 30.3 Å². The van der Waals surface area contributed by atoms with Crippen LogP contribution in [0.5, 0.6) is 0 Å². The second kappa shape index (κ2) is 5.03. The lowest BCUT2D eigenvalue weighted by Crippen LogP contribution is -2.32. The molecule has 1 aromatic rings. The number of ether oxygens (including phenoxy) is 1. The van der Waals surface area contributed by atoms with Crippen molar-refractivity contribution in [3.05, 3.63) is 35.4 Å². The number of amides is 1. The number of aliphatic hydroxyl groups excluding tert-OH is 3. The number of hydrogen-bond donors (Lipinski definition) is 4. The van der Waals surface area contributed by atoms with E-state index in [0.29, 0.717) is 11.1 Å². The Morgan fingerprint density at radius 3 is 2.61 bits per heavy atom. The van der Waals surface area contributed by atoms with Crippen molar-refractivity contribution in [2.75, 3.05) is 6.61 Å². The summed E-state index contributed by atoms with van der Waals surface area (Å²) in [6, 6.07) is 6.33. The number of rotatable bonds is 3. The molecule has 1 fully saturated rings. The van der Waals surface area contributed by atoms with Gasteiger partial charge in [-0.15, -0.1) is 0 Å². The van der Waals surface area contributed by atoms with E-state index >= 15 is 0 Å². The van der Waals surface area contributed by atoms with Crippen LogP contribution in [0.4, 0.5) is 0 Å². The molecule has 5 N–H and O–H groups in total. The third-order valence-electron chi connectivity index (χ3n) is 3.04. The summed E-state index contributed by atoms with van der Waals surface area (Å²) >= 11 is 0. The highest BCUT2D eigenvalue weighted by atomic mass is 16.6. The van der Waals surface area contributed by atoms with Gasteiger partial charge in [-0.1, -0.05) is 12.1 Å². The Morgan fingerprint density at radius 2 is 2.06 bits per heavy atom. The van der Waals surface area contributed by atoms with Crippen molar-refractivity contribution >= 4 is 5.91 Å². The Labute approximate surface area is 104 Å². The highest BCUT2D eigenvalue weighted by molar-refractivity contribution is 5.92. The van der Waals surface area contributed by atoms with Gasteiger partial charge in [-0.05, 0) is 17.7 Å².